The highest BCUT2D eigenvalue weighted by Crippen LogP contribution is 2.41. The van der Waals surface area contributed by atoms with Gasteiger partial charge in [0.15, 0.2) is 0 Å². The van der Waals surface area contributed by atoms with E-state index in [1.165, 1.54) is 18.2 Å². The second-order valence-electron chi connectivity index (χ2n) is 6.92. The number of amides is 1. The number of nitrogens with one attached hydrogen (secondary N) is 1. The van der Waals surface area contributed by atoms with Gasteiger partial charge < -0.3 is 14.8 Å². The molecule has 0 radical (unpaired) electrons. The van der Waals surface area contributed by atoms with Crippen LogP contribution in [-0.4, -0.2) is 23.5 Å². The average molecular weight is 391 g/mol. The second-order valence-corrected chi connectivity index (χ2v) is 7.33. The van der Waals surface area contributed by atoms with Crippen molar-refractivity contribution in [1.82, 2.24) is 5.32 Å². The minimum atomic E-state index is -0.614. The molecular weight excluding hydrogens is 372 g/mol. The molecule has 1 heterocycles. The summed E-state index contributed by atoms with van der Waals surface area (Å²) in [5.41, 5.74) is 0.176. The summed E-state index contributed by atoms with van der Waals surface area (Å²) in [6, 6.07) is 9.07. The third kappa shape index (κ3) is 3.98. The highest BCUT2D eigenvalue weighted by atomic mass is 35.5. The number of rotatable bonds is 4. The number of nitrogens with zero attached hydrogens (tertiary/aromatic N) is 1. The molecule has 0 fully saturated rings. The van der Waals surface area contributed by atoms with E-state index in [1.807, 2.05) is 19.9 Å². The molecule has 0 aliphatic carbocycles. The van der Waals surface area contributed by atoms with E-state index in [1.54, 1.807) is 19.2 Å². The Bertz CT molecular complexity index is 913. The normalized spacial score (nSPS) is 17.4. The molecule has 3 rings (SSSR count). The fourth-order valence-corrected chi connectivity index (χ4v) is 3.31. The molecule has 0 aromatic heterocycles. The molecule has 2 aromatic rings. The molecule has 0 saturated heterocycles. The van der Waals surface area contributed by atoms with Crippen molar-refractivity contribution in [2.45, 2.75) is 31.9 Å². The largest absolute Gasteiger partial charge is 0.497 e. The topological polar surface area (TPSA) is 90.7 Å². The minimum Gasteiger partial charge on any atom is -0.497 e. The lowest BCUT2D eigenvalue weighted by Gasteiger charge is -2.38. The van der Waals surface area contributed by atoms with Crippen molar-refractivity contribution in [3.63, 3.8) is 0 Å². The summed E-state index contributed by atoms with van der Waals surface area (Å²) in [4.78, 5) is 23.2. The van der Waals surface area contributed by atoms with Gasteiger partial charge in [-0.3, -0.25) is 14.9 Å². The van der Waals surface area contributed by atoms with Crippen molar-refractivity contribution in [2.24, 2.45) is 0 Å². The van der Waals surface area contributed by atoms with E-state index in [9.17, 15) is 14.9 Å². The van der Waals surface area contributed by atoms with Crippen molar-refractivity contribution >= 4 is 23.2 Å². The van der Waals surface area contributed by atoms with E-state index in [0.717, 1.165) is 5.56 Å². The molecule has 0 bridgehead atoms. The number of carbonyl (C=O) groups excluding carboxylic acids is 1. The molecule has 1 aliphatic rings. The zero-order chi connectivity index (χ0) is 19.8. The van der Waals surface area contributed by atoms with Crippen LogP contribution in [0.4, 0.5) is 5.69 Å². The summed E-state index contributed by atoms with van der Waals surface area (Å²) in [7, 11) is 1.57. The first-order chi connectivity index (χ1) is 12.7. The number of carbonyl (C=O) groups is 1. The molecule has 1 atom stereocenters. The average Bonchev–Trinajstić information content (AvgIpc) is 2.60. The van der Waals surface area contributed by atoms with Gasteiger partial charge in [0.05, 0.1) is 18.1 Å². The smallest absolute Gasteiger partial charge is 0.288 e. The van der Waals surface area contributed by atoms with Gasteiger partial charge in [-0.1, -0.05) is 11.6 Å². The first-order valence-corrected chi connectivity index (χ1v) is 8.70. The Kier molecular flexibility index (Phi) is 4.97. The standard InChI is InChI=1S/C19H19ClN2O5/c1-19(2)10-15(13-9-12(26-3)5-7-17(13)27-19)21-18(23)11-4-6-14(20)16(8-11)22(24)25/h4-9,15H,10H2,1-3H3,(H,21,23). The Hall–Kier alpha value is -2.80. The first-order valence-electron chi connectivity index (χ1n) is 8.32. The number of nitro groups is 1. The molecule has 142 valence electrons. The number of hydrogen-bond acceptors (Lipinski definition) is 5. The van der Waals surface area contributed by atoms with Crippen LogP contribution in [0, 0.1) is 10.1 Å². The molecular formula is C19H19ClN2O5. The predicted molar refractivity (Wildman–Crippen MR) is 101 cm³/mol. The number of hydrogen-bond donors (Lipinski definition) is 1. The second kappa shape index (κ2) is 7.08. The molecule has 1 N–H and O–H groups in total. The maximum Gasteiger partial charge on any atom is 0.288 e. The van der Waals surface area contributed by atoms with E-state index in [0.29, 0.717) is 17.9 Å². The van der Waals surface area contributed by atoms with E-state index in [2.05, 4.69) is 5.32 Å². The lowest BCUT2D eigenvalue weighted by atomic mass is 9.89. The summed E-state index contributed by atoms with van der Waals surface area (Å²) in [6.45, 7) is 3.87. The van der Waals surface area contributed by atoms with Crippen LogP contribution < -0.4 is 14.8 Å². The maximum atomic E-state index is 12.7. The highest BCUT2D eigenvalue weighted by molar-refractivity contribution is 6.32. The number of benzene rings is 2. The van der Waals surface area contributed by atoms with Crippen molar-refractivity contribution in [2.75, 3.05) is 7.11 Å². The van der Waals surface area contributed by atoms with Gasteiger partial charge >= 0.3 is 0 Å². The van der Waals surface area contributed by atoms with Crippen LogP contribution in [0.3, 0.4) is 0 Å². The van der Waals surface area contributed by atoms with Gasteiger partial charge in [0.1, 0.15) is 22.1 Å². The first kappa shape index (κ1) is 19.0. The molecule has 27 heavy (non-hydrogen) atoms. The molecule has 0 spiro atoms. The Morgan fingerprint density at radius 2 is 2.07 bits per heavy atom. The number of methoxy groups -OCH3 is 1. The fourth-order valence-electron chi connectivity index (χ4n) is 3.12. The number of nitro benzene ring substituents is 1. The van der Waals surface area contributed by atoms with E-state index < -0.39 is 16.4 Å². The van der Waals surface area contributed by atoms with Gasteiger partial charge in [-0.15, -0.1) is 0 Å². The van der Waals surface area contributed by atoms with Crippen LogP contribution in [0.1, 0.15) is 42.2 Å². The molecule has 1 amide bonds. The third-order valence-electron chi connectivity index (χ3n) is 4.38. The van der Waals surface area contributed by atoms with Crippen molar-refractivity contribution in [3.05, 3.63) is 62.7 Å². The van der Waals surface area contributed by atoms with Gasteiger partial charge in [-0.05, 0) is 44.2 Å². The summed E-state index contributed by atoms with van der Waals surface area (Å²) in [5, 5.41) is 14.0. The lowest BCUT2D eigenvalue weighted by Crippen LogP contribution is -2.41. The van der Waals surface area contributed by atoms with E-state index in [-0.39, 0.29) is 22.3 Å². The van der Waals surface area contributed by atoms with Gasteiger partial charge in [-0.25, -0.2) is 0 Å². The van der Waals surface area contributed by atoms with E-state index >= 15 is 0 Å². The number of ether oxygens (including phenoxy) is 2. The van der Waals surface area contributed by atoms with Crippen LogP contribution in [0.15, 0.2) is 36.4 Å². The molecule has 1 unspecified atom stereocenters. The predicted octanol–water partition coefficient (Wildman–Crippen LogP) is 4.29. The minimum absolute atomic E-state index is 0.0150. The quantitative estimate of drug-likeness (QED) is 0.621. The molecule has 1 aliphatic heterocycles. The van der Waals surface area contributed by atoms with Gasteiger partial charge in [0.2, 0.25) is 0 Å². The number of halogens is 1. The van der Waals surface area contributed by atoms with Crippen LogP contribution in [0.5, 0.6) is 11.5 Å². The summed E-state index contributed by atoms with van der Waals surface area (Å²) in [5.74, 6) is 0.893. The monoisotopic (exact) mass is 390 g/mol. The highest BCUT2D eigenvalue weighted by Gasteiger charge is 2.35. The summed E-state index contributed by atoms with van der Waals surface area (Å²) in [6.07, 6.45) is 0.536. The Balaban J connectivity index is 1.92. The van der Waals surface area contributed by atoms with Crippen molar-refractivity contribution < 1.29 is 19.2 Å². The molecule has 2 aromatic carbocycles. The van der Waals surface area contributed by atoms with Crippen LogP contribution in [-0.2, 0) is 0 Å². The lowest BCUT2D eigenvalue weighted by molar-refractivity contribution is -0.384. The molecule has 0 saturated carbocycles. The van der Waals surface area contributed by atoms with E-state index in [4.69, 9.17) is 21.1 Å². The van der Waals surface area contributed by atoms with Gasteiger partial charge in [-0.2, -0.15) is 0 Å². The van der Waals surface area contributed by atoms with Crippen LogP contribution in [0.25, 0.3) is 0 Å². The zero-order valence-corrected chi connectivity index (χ0v) is 15.9. The number of fused-ring (bicyclic) bond motifs is 1. The Morgan fingerprint density at radius 3 is 2.74 bits per heavy atom. The third-order valence-corrected chi connectivity index (χ3v) is 4.70. The van der Waals surface area contributed by atoms with Gasteiger partial charge in [0.25, 0.3) is 11.6 Å². The molecule has 7 nitrogen and oxygen atoms in total. The Labute approximate surface area is 161 Å². The maximum absolute atomic E-state index is 12.7. The summed E-state index contributed by atoms with van der Waals surface area (Å²) < 4.78 is 11.3. The zero-order valence-electron chi connectivity index (χ0n) is 15.1. The Morgan fingerprint density at radius 1 is 1.33 bits per heavy atom. The summed E-state index contributed by atoms with van der Waals surface area (Å²) >= 11 is 5.82. The van der Waals surface area contributed by atoms with Crippen LogP contribution in [0.2, 0.25) is 5.02 Å². The van der Waals surface area contributed by atoms with Crippen molar-refractivity contribution in [1.29, 1.82) is 0 Å². The SMILES string of the molecule is COc1ccc2c(c1)C(NC(=O)c1ccc(Cl)c([N+](=O)[O-])c1)CC(C)(C)O2. The van der Waals surface area contributed by atoms with Crippen molar-refractivity contribution in [3.8, 4) is 11.5 Å². The van der Waals surface area contributed by atoms with Crippen LogP contribution >= 0.6 is 11.6 Å². The molecule has 8 heteroatoms. The van der Waals surface area contributed by atoms with Gasteiger partial charge in [0, 0.05) is 23.6 Å². The fraction of sp³-hybridized carbons (Fsp3) is 0.316.